The van der Waals surface area contributed by atoms with Gasteiger partial charge in [-0.25, -0.2) is 4.39 Å². The summed E-state index contributed by atoms with van der Waals surface area (Å²) in [4.78, 5) is 4.20. The SMILES string of the molecule is COCCNCc1nc(-c2ccc(F)cc2)no1. The van der Waals surface area contributed by atoms with Gasteiger partial charge < -0.3 is 14.6 Å². The van der Waals surface area contributed by atoms with Crippen molar-refractivity contribution in [2.45, 2.75) is 6.54 Å². The third-order valence-corrected chi connectivity index (χ3v) is 2.33. The molecule has 96 valence electrons. The van der Waals surface area contributed by atoms with Crippen LogP contribution in [0, 0.1) is 5.82 Å². The lowest BCUT2D eigenvalue weighted by Crippen LogP contribution is -2.18. The third-order valence-electron chi connectivity index (χ3n) is 2.33. The summed E-state index contributed by atoms with van der Waals surface area (Å²) in [5.74, 6) is 0.660. The molecule has 1 N–H and O–H groups in total. The number of ether oxygens (including phenoxy) is 1. The Labute approximate surface area is 104 Å². The first kappa shape index (κ1) is 12.7. The quantitative estimate of drug-likeness (QED) is 0.790. The van der Waals surface area contributed by atoms with Crippen molar-refractivity contribution in [1.29, 1.82) is 0 Å². The molecular formula is C12H14FN3O2. The standard InChI is InChI=1S/C12H14FN3O2/c1-17-7-6-14-8-11-15-12(16-18-11)9-2-4-10(13)5-3-9/h2-5,14H,6-8H2,1H3. The van der Waals surface area contributed by atoms with Crippen LogP contribution in [0.3, 0.4) is 0 Å². The van der Waals surface area contributed by atoms with Crippen molar-refractivity contribution in [2.24, 2.45) is 0 Å². The summed E-state index contributed by atoms with van der Waals surface area (Å²) >= 11 is 0. The minimum Gasteiger partial charge on any atom is -0.383 e. The summed E-state index contributed by atoms with van der Waals surface area (Å²) in [6.07, 6.45) is 0. The highest BCUT2D eigenvalue weighted by atomic mass is 19.1. The molecule has 1 aromatic carbocycles. The summed E-state index contributed by atoms with van der Waals surface area (Å²) in [5, 5.41) is 6.93. The second-order valence-corrected chi connectivity index (χ2v) is 3.69. The Morgan fingerprint density at radius 3 is 2.83 bits per heavy atom. The van der Waals surface area contributed by atoms with E-state index < -0.39 is 0 Å². The van der Waals surface area contributed by atoms with Crippen LogP contribution in [0.25, 0.3) is 11.4 Å². The highest BCUT2D eigenvalue weighted by Gasteiger charge is 2.07. The Morgan fingerprint density at radius 1 is 1.33 bits per heavy atom. The molecule has 0 saturated carbocycles. The van der Waals surface area contributed by atoms with E-state index in [9.17, 15) is 4.39 Å². The number of nitrogens with one attached hydrogen (secondary N) is 1. The lowest BCUT2D eigenvalue weighted by atomic mass is 10.2. The molecule has 18 heavy (non-hydrogen) atoms. The van der Waals surface area contributed by atoms with E-state index in [-0.39, 0.29) is 5.82 Å². The number of rotatable bonds is 6. The fraction of sp³-hybridized carbons (Fsp3) is 0.333. The van der Waals surface area contributed by atoms with Crippen molar-refractivity contribution in [3.8, 4) is 11.4 Å². The molecule has 6 heteroatoms. The van der Waals surface area contributed by atoms with Crippen LogP contribution in [-0.4, -0.2) is 30.4 Å². The van der Waals surface area contributed by atoms with Gasteiger partial charge in [-0.2, -0.15) is 4.98 Å². The zero-order chi connectivity index (χ0) is 12.8. The van der Waals surface area contributed by atoms with Gasteiger partial charge in [0.2, 0.25) is 11.7 Å². The molecular weight excluding hydrogens is 237 g/mol. The van der Waals surface area contributed by atoms with E-state index in [0.717, 1.165) is 5.56 Å². The number of hydrogen-bond donors (Lipinski definition) is 1. The smallest absolute Gasteiger partial charge is 0.240 e. The van der Waals surface area contributed by atoms with Gasteiger partial charge in [-0.15, -0.1) is 0 Å². The lowest BCUT2D eigenvalue weighted by molar-refractivity contribution is 0.197. The number of halogens is 1. The van der Waals surface area contributed by atoms with Crippen LogP contribution in [0.2, 0.25) is 0 Å². The summed E-state index contributed by atoms with van der Waals surface area (Å²) in [5.41, 5.74) is 0.725. The average molecular weight is 251 g/mol. The van der Waals surface area contributed by atoms with Gasteiger partial charge in [-0.1, -0.05) is 5.16 Å². The molecule has 0 amide bonds. The minimum absolute atomic E-state index is 0.288. The molecule has 2 rings (SSSR count). The van der Waals surface area contributed by atoms with E-state index in [1.54, 1.807) is 19.2 Å². The zero-order valence-electron chi connectivity index (χ0n) is 10.0. The summed E-state index contributed by atoms with van der Waals surface area (Å²) in [6.45, 7) is 1.82. The highest BCUT2D eigenvalue weighted by Crippen LogP contribution is 2.15. The topological polar surface area (TPSA) is 60.2 Å². The predicted molar refractivity (Wildman–Crippen MR) is 63.3 cm³/mol. The van der Waals surface area contributed by atoms with Crippen LogP contribution in [0.5, 0.6) is 0 Å². The van der Waals surface area contributed by atoms with Crippen molar-refractivity contribution in [2.75, 3.05) is 20.3 Å². The van der Waals surface area contributed by atoms with Crippen molar-refractivity contribution >= 4 is 0 Å². The number of nitrogens with zero attached hydrogens (tertiary/aromatic N) is 2. The maximum absolute atomic E-state index is 12.8. The van der Waals surface area contributed by atoms with Crippen molar-refractivity contribution in [1.82, 2.24) is 15.5 Å². The van der Waals surface area contributed by atoms with Crippen LogP contribution < -0.4 is 5.32 Å². The second-order valence-electron chi connectivity index (χ2n) is 3.69. The molecule has 0 unspecified atom stereocenters. The Morgan fingerprint density at radius 2 is 2.11 bits per heavy atom. The molecule has 0 aliphatic heterocycles. The molecule has 1 aromatic heterocycles. The monoisotopic (exact) mass is 251 g/mol. The van der Waals surface area contributed by atoms with Crippen LogP contribution in [0.1, 0.15) is 5.89 Å². The Kier molecular flexibility index (Phi) is 4.38. The molecule has 0 radical (unpaired) electrons. The van der Waals surface area contributed by atoms with E-state index in [0.29, 0.717) is 31.4 Å². The van der Waals surface area contributed by atoms with E-state index in [1.807, 2.05) is 0 Å². The lowest BCUT2D eigenvalue weighted by Gasteiger charge is -1.98. The first-order chi connectivity index (χ1) is 8.79. The molecule has 0 aliphatic carbocycles. The van der Waals surface area contributed by atoms with E-state index >= 15 is 0 Å². The van der Waals surface area contributed by atoms with Gasteiger partial charge in [0.05, 0.1) is 13.2 Å². The van der Waals surface area contributed by atoms with E-state index in [1.165, 1.54) is 12.1 Å². The molecule has 1 heterocycles. The number of methoxy groups -OCH3 is 1. The zero-order valence-corrected chi connectivity index (χ0v) is 10.0. The number of hydrogen-bond acceptors (Lipinski definition) is 5. The van der Waals surface area contributed by atoms with Crippen LogP contribution in [0.15, 0.2) is 28.8 Å². The molecule has 0 aliphatic rings. The first-order valence-electron chi connectivity index (χ1n) is 5.58. The summed E-state index contributed by atoms with van der Waals surface area (Å²) in [6, 6.07) is 5.95. The molecule has 2 aromatic rings. The fourth-order valence-electron chi connectivity index (χ4n) is 1.41. The van der Waals surface area contributed by atoms with Gasteiger partial charge in [0.25, 0.3) is 0 Å². The number of aromatic nitrogens is 2. The largest absolute Gasteiger partial charge is 0.383 e. The average Bonchev–Trinajstić information content (AvgIpc) is 2.84. The summed E-state index contributed by atoms with van der Waals surface area (Å²) < 4.78 is 22.7. The van der Waals surface area contributed by atoms with Crippen molar-refractivity contribution in [3.05, 3.63) is 36.0 Å². The Hall–Kier alpha value is -1.79. The number of benzene rings is 1. The second kappa shape index (κ2) is 6.23. The maximum atomic E-state index is 12.8. The molecule has 0 fully saturated rings. The molecule has 5 nitrogen and oxygen atoms in total. The molecule has 0 saturated heterocycles. The van der Waals surface area contributed by atoms with E-state index in [4.69, 9.17) is 9.26 Å². The van der Waals surface area contributed by atoms with Gasteiger partial charge in [-0.05, 0) is 24.3 Å². The van der Waals surface area contributed by atoms with Crippen LogP contribution in [-0.2, 0) is 11.3 Å². The molecule has 0 bridgehead atoms. The van der Waals surface area contributed by atoms with Gasteiger partial charge in [0.1, 0.15) is 5.82 Å². The normalized spacial score (nSPS) is 10.8. The third kappa shape index (κ3) is 3.35. The van der Waals surface area contributed by atoms with Crippen molar-refractivity contribution in [3.63, 3.8) is 0 Å². The van der Waals surface area contributed by atoms with Crippen LogP contribution >= 0.6 is 0 Å². The molecule has 0 atom stereocenters. The maximum Gasteiger partial charge on any atom is 0.240 e. The molecule has 0 spiro atoms. The van der Waals surface area contributed by atoms with Gasteiger partial charge >= 0.3 is 0 Å². The Balaban J connectivity index is 1.95. The first-order valence-corrected chi connectivity index (χ1v) is 5.58. The minimum atomic E-state index is -0.288. The van der Waals surface area contributed by atoms with E-state index in [2.05, 4.69) is 15.5 Å². The fourth-order valence-corrected chi connectivity index (χ4v) is 1.41. The highest BCUT2D eigenvalue weighted by molar-refractivity contribution is 5.53. The van der Waals surface area contributed by atoms with Crippen LogP contribution in [0.4, 0.5) is 4.39 Å². The van der Waals surface area contributed by atoms with Gasteiger partial charge in [0.15, 0.2) is 0 Å². The summed E-state index contributed by atoms with van der Waals surface area (Å²) in [7, 11) is 1.64. The Bertz CT molecular complexity index is 484. The van der Waals surface area contributed by atoms with Gasteiger partial charge in [0, 0.05) is 19.2 Å². The van der Waals surface area contributed by atoms with Gasteiger partial charge in [-0.3, -0.25) is 0 Å². The van der Waals surface area contributed by atoms with Crippen molar-refractivity contribution < 1.29 is 13.7 Å². The predicted octanol–water partition coefficient (Wildman–Crippen LogP) is 1.61.